The summed E-state index contributed by atoms with van der Waals surface area (Å²) in [4.78, 5) is 0. The molecule has 0 aromatic heterocycles. The van der Waals surface area contributed by atoms with E-state index in [1.165, 1.54) is 0 Å². The first-order valence-electron chi connectivity index (χ1n) is 2.92. The third-order valence-corrected chi connectivity index (χ3v) is 0.646. The lowest BCUT2D eigenvalue weighted by molar-refractivity contribution is -0.182. The molecule has 0 bridgehead atoms. The van der Waals surface area contributed by atoms with Crippen LogP contribution in [0, 0.1) is 0 Å². The fourth-order valence-electron chi connectivity index (χ4n) is 0.445. The van der Waals surface area contributed by atoms with Gasteiger partial charge in [-0.05, 0) is 20.8 Å². The van der Waals surface area contributed by atoms with Crippen LogP contribution >= 0.6 is 0 Å². The lowest BCUT2D eigenvalue weighted by Gasteiger charge is -2.22. The quantitative estimate of drug-likeness (QED) is 0.527. The minimum Gasteiger partial charge on any atom is -0.391 e. The molecule has 1 atom stereocenters. The zero-order valence-corrected chi connectivity index (χ0v) is 6.09. The van der Waals surface area contributed by atoms with Gasteiger partial charge in [-0.3, -0.25) is 0 Å². The second kappa shape index (κ2) is 3.15. The molecule has 0 fully saturated rings. The summed E-state index contributed by atoms with van der Waals surface area (Å²) >= 11 is 0. The Morgan fingerprint density at radius 3 is 2.00 bits per heavy atom. The van der Waals surface area contributed by atoms with Gasteiger partial charge < -0.3 is 14.9 Å². The highest BCUT2D eigenvalue weighted by Gasteiger charge is 2.14. The van der Waals surface area contributed by atoms with Gasteiger partial charge >= 0.3 is 0 Å². The standard InChI is InChI=1S/C6H14O3/c1-6(2,3)9-5(8)4-7/h5,7-8H,4H2,1-3H3. The Hall–Kier alpha value is -0.120. The summed E-state index contributed by atoms with van der Waals surface area (Å²) in [5.74, 6) is 0. The Morgan fingerprint density at radius 1 is 1.44 bits per heavy atom. The molecule has 0 saturated carbocycles. The van der Waals surface area contributed by atoms with E-state index < -0.39 is 6.29 Å². The molecule has 9 heavy (non-hydrogen) atoms. The molecule has 0 aliphatic heterocycles. The van der Waals surface area contributed by atoms with Crippen LogP contribution in [0.5, 0.6) is 0 Å². The minimum absolute atomic E-state index is 0.350. The molecule has 0 spiro atoms. The number of ether oxygens (including phenoxy) is 1. The first kappa shape index (κ1) is 8.88. The molecule has 0 rings (SSSR count). The molecular formula is C6H14O3. The van der Waals surface area contributed by atoms with E-state index in [0.29, 0.717) is 0 Å². The van der Waals surface area contributed by atoms with Gasteiger partial charge in [0.2, 0.25) is 0 Å². The van der Waals surface area contributed by atoms with Crippen molar-refractivity contribution in [3.8, 4) is 0 Å². The van der Waals surface area contributed by atoms with Crippen LogP contribution in [0.1, 0.15) is 20.8 Å². The van der Waals surface area contributed by atoms with Crippen LogP contribution in [-0.4, -0.2) is 28.7 Å². The monoisotopic (exact) mass is 134 g/mol. The number of aliphatic hydroxyl groups excluding tert-OH is 2. The first-order valence-corrected chi connectivity index (χ1v) is 2.92. The fourth-order valence-corrected chi connectivity index (χ4v) is 0.445. The second-order valence-corrected chi connectivity index (χ2v) is 2.87. The predicted octanol–water partition coefficient (Wildman–Crippen LogP) is 0.112. The molecule has 0 heterocycles. The van der Waals surface area contributed by atoms with Crippen molar-refractivity contribution in [3.05, 3.63) is 0 Å². The average Bonchev–Trinajstić information content (AvgIpc) is 1.62. The van der Waals surface area contributed by atoms with Crippen LogP contribution < -0.4 is 0 Å². The van der Waals surface area contributed by atoms with E-state index in [2.05, 4.69) is 0 Å². The first-order chi connectivity index (χ1) is 3.95. The highest BCUT2D eigenvalue weighted by Crippen LogP contribution is 2.08. The SMILES string of the molecule is CC(C)(C)OC(O)CO. The number of aliphatic hydroxyl groups is 2. The Labute approximate surface area is 55.3 Å². The van der Waals surface area contributed by atoms with Crippen molar-refractivity contribution in [2.45, 2.75) is 32.7 Å². The van der Waals surface area contributed by atoms with Gasteiger partial charge in [0.1, 0.15) is 0 Å². The van der Waals surface area contributed by atoms with E-state index >= 15 is 0 Å². The van der Waals surface area contributed by atoms with E-state index in [-0.39, 0.29) is 12.2 Å². The molecule has 0 aliphatic carbocycles. The Balaban J connectivity index is 3.47. The molecule has 2 N–H and O–H groups in total. The van der Waals surface area contributed by atoms with Gasteiger partial charge in [0, 0.05) is 0 Å². The molecule has 0 aliphatic rings. The largest absolute Gasteiger partial charge is 0.391 e. The Bertz CT molecular complexity index is 74.9. The molecule has 0 aromatic carbocycles. The Morgan fingerprint density at radius 2 is 1.89 bits per heavy atom. The second-order valence-electron chi connectivity index (χ2n) is 2.87. The maximum absolute atomic E-state index is 8.72. The van der Waals surface area contributed by atoms with Gasteiger partial charge in [-0.25, -0.2) is 0 Å². The average molecular weight is 134 g/mol. The van der Waals surface area contributed by atoms with Crippen LogP contribution in [0.15, 0.2) is 0 Å². The van der Waals surface area contributed by atoms with Crippen LogP contribution in [0.25, 0.3) is 0 Å². The van der Waals surface area contributed by atoms with Gasteiger partial charge in [-0.1, -0.05) is 0 Å². The molecule has 0 amide bonds. The van der Waals surface area contributed by atoms with Crippen molar-refractivity contribution >= 4 is 0 Å². The molecule has 0 saturated heterocycles. The molecule has 0 radical (unpaired) electrons. The van der Waals surface area contributed by atoms with E-state index in [9.17, 15) is 0 Å². The topological polar surface area (TPSA) is 49.7 Å². The smallest absolute Gasteiger partial charge is 0.178 e. The van der Waals surface area contributed by atoms with Crippen molar-refractivity contribution in [1.29, 1.82) is 0 Å². The third kappa shape index (κ3) is 5.76. The normalized spacial score (nSPS) is 15.7. The summed E-state index contributed by atoms with van der Waals surface area (Å²) in [7, 11) is 0. The van der Waals surface area contributed by atoms with Crippen molar-refractivity contribution < 1.29 is 14.9 Å². The number of rotatable bonds is 2. The summed E-state index contributed by atoms with van der Waals surface area (Å²) in [5, 5.41) is 17.0. The molecular weight excluding hydrogens is 120 g/mol. The van der Waals surface area contributed by atoms with E-state index in [1.54, 1.807) is 0 Å². The van der Waals surface area contributed by atoms with Crippen LogP contribution in [-0.2, 0) is 4.74 Å². The third-order valence-electron chi connectivity index (χ3n) is 0.646. The summed E-state index contributed by atoms with van der Waals surface area (Å²) in [6, 6.07) is 0. The lowest BCUT2D eigenvalue weighted by atomic mass is 10.2. The molecule has 3 heteroatoms. The van der Waals surface area contributed by atoms with Crippen LogP contribution in [0.2, 0.25) is 0 Å². The lowest BCUT2D eigenvalue weighted by Crippen LogP contribution is -2.29. The maximum Gasteiger partial charge on any atom is 0.178 e. The number of hydrogen-bond acceptors (Lipinski definition) is 3. The van der Waals surface area contributed by atoms with E-state index in [4.69, 9.17) is 14.9 Å². The molecule has 56 valence electrons. The molecule has 1 unspecified atom stereocenters. The van der Waals surface area contributed by atoms with Gasteiger partial charge in [-0.2, -0.15) is 0 Å². The van der Waals surface area contributed by atoms with E-state index in [0.717, 1.165) is 0 Å². The van der Waals surface area contributed by atoms with Gasteiger partial charge in [-0.15, -0.1) is 0 Å². The highest BCUT2D eigenvalue weighted by molar-refractivity contribution is 4.59. The fraction of sp³-hybridized carbons (Fsp3) is 1.00. The summed E-state index contributed by atoms with van der Waals surface area (Å²) in [5.41, 5.74) is -0.387. The number of hydrogen-bond donors (Lipinski definition) is 2. The Kier molecular flexibility index (Phi) is 3.11. The summed E-state index contributed by atoms with van der Waals surface area (Å²) in [6.45, 7) is 5.08. The highest BCUT2D eigenvalue weighted by atomic mass is 16.6. The minimum atomic E-state index is -1.05. The zero-order valence-electron chi connectivity index (χ0n) is 6.09. The van der Waals surface area contributed by atoms with Crippen molar-refractivity contribution in [3.63, 3.8) is 0 Å². The van der Waals surface area contributed by atoms with Crippen LogP contribution in [0.4, 0.5) is 0 Å². The molecule has 0 aromatic rings. The van der Waals surface area contributed by atoms with E-state index in [1.807, 2.05) is 20.8 Å². The zero-order chi connectivity index (χ0) is 7.49. The summed E-state index contributed by atoms with van der Waals surface area (Å²) < 4.78 is 4.89. The maximum atomic E-state index is 8.72. The predicted molar refractivity (Wildman–Crippen MR) is 33.9 cm³/mol. The van der Waals surface area contributed by atoms with Crippen molar-refractivity contribution in [2.75, 3.05) is 6.61 Å². The molecule has 3 nitrogen and oxygen atoms in total. The van der Waals surface area contributed by atoms with Crippen molar-refractivity contribution in [2.24, 2.45) is 0 Å². The summed E-state index contributed by atoms with van der Waals surface area (Å²) in [6.07, 6.45) is -1.05. The van der Waals surface area contributed by atoms with Crippen LogP contribution in [0.3, 0.4) is 0 Å². The van der Waals surface area contributed by atoms with Gasteiger partial charge in [0.15, 0.2) is 6.29 Å². The van der Waals surface area contributed by atoms with Gasteiger partial charge in [0.05, 0.1) is 12.2 Å². The van der Waals surface area contributed by atoms with Gasteiger partial charge in [0.25, 0.3) is 0 Å². The van der Waals surface area contributed by atoms with Crippen molar-refractivity contribution in [1.82, 2.24) is 0 Å².